The van der Waals surface area contributed by atoms with Crippen molar-refractivity contribution in [2.24, 2.45) is 0 Å². The third-order valence-corrected chi connectivity index (χ3v) is 3.83. The molecule has 2 heterocycles. The van der Waals surface area contributed by atoms with Crippen LogP contribution in [0.5, 0.6) is 0 Å². The van der Waals surface area contributed by atoms with Crippen molar-refractivity contribution >= 4 is 21.8 Å². The fourth-order valence-electron chi connectivity index (χ4n) is 2.19. The minimum Gasteiger partial charge on any atom is -0.354 e. The molecule has 2 aromatic heterocycles. The van der Waals surface area contributed by atoms with Crippen molar-refractivity contribution in [1.82, 2.24) is 24.9 Å². The third-order valence-electron chi connectivity index (χ3n) is 3.42. The van der Waals surface area contributed by atoms with Crippen molar-refractivity contribution < 1.29 is 18.0 Å². The maximum absolute atomic E-state index is 12.7. The Morgan fingerprint density at radius 1 is 1.46 bits per heavy atom. The van der Waals surface area contributed by atoms with E-state index in [0.717, 1.165) is 15.2 Å². The summed E-state index contributed by atoms with van der Waals surface area (Å²) in [6, 6.07) is 0.110. The first-order valence-corrected chi connectivity index (χ1v) is 8.07. The highest BCUT2D eigenvalue weighted by Crippen LogP contribution is 2.29. The summed E-state index contributed by atoms with van der Waals surface area (Å²) >= 11 is 3.29. The Morgan fingerprint density at radius 2 is 2.17 bits per heavy atom. The van der Waals surface area contributed by atoms with Crippen molar-refractivity contribution in [3.8, 4) is 0 Å². The van der Waals surface area contributed by atoms with E-state index >= 15 is 0 Å². The minimum atomic E-state index is -4.52. The number of carbonyl (C=O) groups excluding carboxylic acids is 1. The average Bonchev–Trinajstić information content (AvgIpc) is 3.08. The molecule has 10 heteroatoms. The van der Waals surface area contributed by atoms with E-state index in [1.165, 1.54) is 13.8 Å². The Labute approximate surface area is 145 Å². The van der Waals surface area contributed by atoms with Crippen molar-refractivity contribution in [1.29, 1.82) is 0 Å². The van der Waals surface area contributed by atoms with Crippen LogP contribution in [-0.2, 0) is 17.5 Å². The number of aromatic nitrogens is 4. The van der Waals surface area contributed by atoms with E-state index in [0.29, 0.717) is 19.5 Å². The Hall–Kier alpha value is -1.84. The first-order chi connectivity index (χ1) is 11.2. The maximum atomic E-state index is 12.7. The van der Waals surface area contributed by atoms with Gasteiger partial charge in [-0.3, -0.25) is 14.2 Å². The summed E-state index contributed by atoms with van der Waals surface area (Å²) in [5, 5.41) is 10.3. The summed E-state index contributed by atoms with van der Waals surface area (Å²) in [5.74, 6) is -0.378. The molecule has 1 unspecified atom stereocenters. The molecule has 0 bridgehead atoms. The topological polar surface area (TPSA) is 64.7 Å². The van der Waals surface area contributed by atoms with Crippen molar-refractivity contribution in [2.45, 2.75) is 39.0 Å². The van der Waals surface area contributed by atoms with E-state index in [1.54, 1.807) is 10.9 Å². The first kappa shape index (κ1) is 18.5. The predicted molar refractivity (Wildman–Crippen MR) is 84.2 cm³/mol. The average molecular weight is 408 g/mol. The number of halogens is 4. The van der Waals surface area contributed by atoms with Crippen LogP contribution in [0.4, 0.5) is 13.2 Å². The van der Waals surface area contributed by atoms with Crippen LogP contribution in [0.1, 0.15) is 30.8 Å². The summed E-state index contributed by atoms with van der Waals surface area (Å²) in [6.45, 7) is 4.02. The summed E-state index contributed by atoms with van der Waals surface area (Å²) in [6.07, 6.45) is -0.391. The molecule has 2 rings (SSSR count). The minimum absolute atomic E-state index is 0.284. The zero-order valence-corrected chi connectivity index (χ0v) is 14.7. The zero-order valence-electron chi connectivity index (χ0n) is 13.1. The summed E-state index contributed by atoms with van der Waals surface area (Å²) in [4.78, 5) is 12.1. The highest BCUT2D eigenvalue weighted by molar-refractivity contribution is 9.10. The molecule has 0 spiro atoms. The molecular formula is C14H17BrF3N5O. The van der Waals surface area contributed by atoms with Crippen LogP contribution >= 0.6 is 15.9 Å². The normalized spacial score (nSPS) is 13.1. The van der Waals surface area contributed by atoms with Gasteiger partial charge in [0.1, 0.15) is 6.04 Å². The van der Waals surface area contributed by atoms with Crippen LogP contribution in [0.2, 0.25) is 0 Å². The monoisotopic (exact) mass is 407 g/mol. The molecule has 1 amide bonds. The zero-order chi connectivity index (χ0) is 17.9. The SMILES string of the molecule is Cc1cc(C(F)(F)F)nn1C(C)C(=O)NCCCn1cc(Br)cn1. The molecule has 0 fully saturated rings. The second-order valence-electron chi connectivity index (χ2n) is 5.36. The van der Waals surface area contributed by atoms with E-state index in [4.69, 9.17) is 0 Å². The number of hydrogen-bond donors (Lipinski definition) is 1. The molecule has 1 N–H and O–H groups in total. The molecule has 24 heavy (non-hydrogen) atoms. The quantitative estimate of drug-likeness (QED) is 0.748. The molecule has 2 aromatic rings. The molecule has 0 saturated heterocycles. The van der Waals surface area contributed by atoms with Gasteiger partial charge in [0.25, 0.3) is 0 Å². The Balaban J connectivity index is 1.87. The van der Waals surface area contributed by atoms with Crippen LogP contribution in [0.15, 0.2) is 22.9 Å². The molecule has 0 aliphatic heterocycles. The van der Waals surface area contributed by atoms with Crippen LogP contribution in [0, 0.1) is 6.92 Å². The van der Waals surface area contributed by atoms with Gasteiger partial charge < -0.3 is 5.32 Å². The molecule has 132 valence electrons. The molecule has 0 aliphatic rings. The molecular weight excluding hydrogens is 391 g/mol. The van der Waals surface area contributed by atoms with Gasteiger partial charge in [-0.1, -0.05) is 0 Å². The van der Waals surface area contributed by atoms with Crippen LogP contribution in [0.3, 0.4) is 0 Å². The van der Waals surface area contributed by atoms with Gasteiger partial charge in [0, 0.05) is 25.0 Å². The van der Waals surface area contributed by atoms with E-state index in [-0.39, 0.29) is 11.6 Å². The van der Waals surface area contributed by atoms with Crippen LogP contribution in [-0.4, -0.2) is 32.0 Å². The summed E-state index contributed by atoms with van der Waals surface area (Å²) < 4.78 is 41.7. The number of aryl methyl sites for hydroxylation is 2. The van der Waals surface area contributed by atoms with Crippen molar-refractivity contribution in [3.05, 3.63) is 34.3 Å². The van der Waals surface area contributed by atoms with Gasteiger partial charge in [0.15, 0.2) is 5.69 Å². The fraction of sp³-hybridized carbons (Fsp3) is 0.500. The number of alkyl halides is 3. The van der Waals surface area contributed by atoms with Crippen molar-refractivity contribution in [3.63, 3.8) is 0 Å². The Bertz CT molecular complexity index is 710. The standard InChI is InChI=1S/C14H17BrF3N5O/c1-9-6-12(14(16,17)18)21-23(9)10(2)13(24)19-4-3-5-22-8-11(15)7-20-22/h6-8,10H,3-5H2,1-2H3,(H,19,24). The lowest BCUT2D eigenvalue weighted by atomic mass is 10.3. The lowest BCUT2D eigenvalue weighted by Crippen LogP contribution is -2.33. The lowest BCUT2D eigenvalue weighted by Gasteiger charge is -2.14. The second-order valence-corrected chi connectivity index (χ2v) is 6.27. The summed E-state index contributed by atoms with van der Waals surface area (Å²) in [5.41, 5.74) is -0.713. The molecule has 0 aromatic carbocycles. The van der Waals surface area contributed by atoms with Gasteiger partial charge in [-0.25, -0.2) is 0 Å². The molecule has 1 atom stereocenters. The smallest absolute Gasteiger partial charge is 0.354 e. The highest BCUT2D eigenvalue weighted by atomic mass is 79.9. The maximum Gasteiger partial charge on any atom is 0.435 e. The van der Waals surface area contributed by atoms with E-state index in [1.807, 2.05) is 6.20 Å². The highest BCUT2D eigenvalue weighted by Gasteiger charge is 2.35. The van der Waals surface area contributed by atoms with Gasteiger partial charge in [0.2, 0.25) is 5.91 Å². The fourth-order valence-corrected chi connectivity index (χ4v) is 2.52. The number of hydrogen-bond acceptors (Lipinski definition) is 3. The summed E-state index contributed by atoms with van der Waals surface area (Å²) in [7, 11) is 0. The van der Waals surface area contributed by atoms with Crippen LogP contribution in [0.25, 0.3) is 0 Å². The number of carbonyl (C=O) groups is 1. The number of nitrogens with zero attached hydrogens (tertiary/aromatic N) is 4. The first-order valence-electron chi connectivity index (χ1n) is 7.27. The predicted octanol–water partition coefficient (Wildman–Crippen LogP) is 2.94. The molecule has 0 saturated carbocycles. The third kappa shape index (κ3) is 4.59. The van der Waals surface area contributed by atoms with Gasteiger partial charge in [-0.15, -0.1) is 0 Å². The molecule has 0 radical (unpaired) electrons. The van der Waals surface area contributed by atoms with Crippen molar-refractivity contribution in [2.75, 3.05) is 6.54 Å². The van der Waals surface area contributed by atoms with Gasteiger partial charge >= 0.3 is 6.18 Å². The molecule has 0 aliphatic carbocycles. The largest absolute Gasteiger partial charge is 0.435 e. The molecule has 6 nitrogen and oxygen atoms in total. The Morgan fingerprint density at radius 3 is 2.71 bits per heavy atom. The van der Waals surface area contributed by atoms with Crippen LogP contribution < -0.4 is 5.32 Å². The van der Waals surface area contributed by atoms with E-state index in [9.17, 15) is 18.0 Å². The number of rotatable bonds is 6. The van der Waals surface area contributed by atoms with Gasteiger partial charge in [-0.2, -0.15) is 23.4 Å². The number of amides is 1. The Kier molecular flexibility index (Phi) is 5.68. The van der Waals surface area contributed by atoms with E-state index in [2.05, 4.69) is 31.4 Å². The van der Waals surface area contributed by atoms with E-state index < -0.39 is 17.9 Å². The van der Waals surface area contributed by atoms with Gasteiger partial charge in [-0.05, 0) is 42.3 Å². The second kappa shape index (κ2) is 7.37. The lowest BCUT2D eigenvalue weighted by molar-refractivity contribution is -0.142. The number of nitrogens with one attached hydrogen (secondary N) is 1. The van der Waals surface area contributed by atoms with Gasteiger partial charge in [0.05, 0.1) is 10.7 Å².